The number of carboxylic acids is 1. The molecule has 0 aliphatic carbocycles. The van der Waals surface area contributed by atoms with Crippen LogP contribution in [0.3, 0.4) is 0 Å². The SMILES string of the molecule is CCCCCCCC/C=C\CCCCCCCC(=O)OCC(COC(=O)CCCCCCC/C=C/CCCCCCCC(=O)OC(COC(=O)CCCCCCC/C=C\CCCCCCCC)COC(=O)CCCCCCC/C=C/CCCCCCCC)OC(=O)CCCCCCC/C=C/CCCCCCCC(=O)O. The minimum absolute atomic E-state index is 0.123. The van der Waals surface area contributed by atoms with Crippen molar-refractivity contribution in [2.75, 3.05) is 26.4 Å². The molecule has 1 N–H and O–H groups in total. The fourth-order valence-corrected chi connectivity index (χ4v) is 13.5. The normalized spacial score (nSPS) is 12.3. The van der Waals surface area contributed by atoms with Crippen molar-refractivity contribution < 1.29 is 67.1 Å². The van der Waals surface area contributed by atoms with Gasteiger partial charge in [-0.3, -0.25) is 33.6 Å². The van der Waals surface area contributed by atoms with Crippen molar-refractivity contribution in [2.24, 2.45) is 0 Å². The molecule has 110 heavy (non-hydrogen) atoms. The number of hydrogen-bond acceptors (Lipinski definition) is 13. The smallest absolute Gasteiger partial charge is 0.306 e. The lowest BCUT2D eigenvalue weighted by Gasteiger charge is -2.18. The molecule has 0 aromatic carbocycles. The fourth-order valence-electron chi connectivity index (χ4n) is 13.5. The molecule has 0 amide bonds. The van der Waals surface area contributed by atoms with Crippen LogP contribution in [0.4, 0.5) is 0 Å². The molecule has 0 spiro atoms. The van der Waals surface area contributed by atoms with Gasteiger partial charge in [-0.2, -0.15) is 0 Å². The Hall–Kier alpha value is -5.01. The summed E-state index contributed by atoms with van der Waals surface area (Å²) in [6, 6.07) is 0. The Morgan fingerprint density at radius 2 is 0.345 bits per heavy atom. The molecule has 2 atom stereocenters. The van der Waals surface area contributed by atoms with Crippen molar-refractivity contribution in [1.29, 1.82) is 0 Å². The van der Waals surface area contributed by atoms with Crippen LogP contribution in [0, 0.1) is 0 Å². The van der Waals surface area contributed by atoms with Crippen molar-refractivity contribution >= 4 is 41.8 Å². The summed E-state index contributed by atoms with van der Waals surface area (Å²) in [5.41, 5.74) is 0. The van der Waals surface area contributed by atoms with E-state index in [4.69, 9.17) is 33.5 Å². The Kier molecular flexibility index (Phi) is 83.9. The lowest BCUT2D eigenvalue weighted by molar-refractivity contribution is -0.167. The molecular formula is C96H170O14. The molecule has 0 aromatic heterocycles. The first-order chi connectivity index (χ1) is 54.0. The first kappa shape index (κ1) is 105. The van der Waals surface area contributed by atoms with Crippen molar-refractivity contribution in [3.05, 3.63) is 60.8 Å². The second-order valence-electron chi connectivity index (χ2n) is 31.5. The summed E-state index contributed by atoms with van der Waals surface area (Å²) in [4.78, 5) is 88.0. The van der Waals surface area contributed by atoms with E-state index in [0.717, 1.165) is 238 Å². The lowest BCUT2D eigenvalue weighted by atomic mass is 10.1. The van der Waals surface area contributed by atoms with Crippen LogP contribution in [-0.2, 0) is 62.0 Å². The quantitative estimate of drug-likeness (QED) is 0.0261. The van der Waals surface area contributed by atoms with Crippen LogP contribution in [-0.4, -0.2) is 85.5 Å². The molecule has 14 nitrogen and oxygen atoms in total. The number of hydrogen-bond donors (Lipinski definition) is 1. The maximum Gasteiger partial charge on any atom is 0.306 e. The molecular weight excluding hydrogens is 1380 g/mol. The number of carbonyl (C=O) groups is 7. The number of unbranched alkanes of at least 4 members (excludes halogenated alkanes) is 53. The molecule has 2 unspecified atom stereocenters. The van der Waals surface area contributed by atoms with Gasteiger partial charge in [0.25, 0.3) is 0 Å². The average Bonchev–Trinajstić information content (AvgIpc) is 0.949. The van der Waals surface area contributed by atoms with Gasteiger partial charge in [0.15, 0.2) is 12.2 Å². The highest BCUT2D eigenvalue weighted by Gasteiger charge is 2.22. The van der Waals surface area contributed by atoms with Crippen molar-refractivity contribution in [2.45, 2.75) is 482 Å². The topological polar surface area (TPSA) is 195 Å². The number of rotatable bonds is 87. The molecule has 14 heteroatoms. The zero-order valence-corrected chi connectivity index (χ0v) is 71.5. The van der Waals surface area contributed by atoms with E-state index >= 15 is 0 Å². The summed E-state index contributed by atoms with van der Waals surface area (Å²) in [5.74, 6) is -2.75. The van der Waals surface area contributed by atoms with Crippen LogP contribution < -0.4 is 0 Å². The van der Waals surface area contributed by atoms with E-state index in [1.54, 1.807) is 0 Å². The molecule has 0 radical (unpaired) electrons. The summed E-state index contributed by atoms with van der Waals surface area (Å²) in [7, 11) is 0. The first-order valence-electron chi connectivity index (χ1n) is 46.5. The number of carbonyl (C=O) groups excluding carboxylic acids is 6. The fraction of sp³-hybridized carbons (Fsp3) is 0.823. The number of ether oxygens (including phenoxy) is 6. The third-order valence-corrected chi connectivity index (χ3v) is 20.6. The summed E-state index contributed by atoms with van der Waals surface area (Å²) in [5, 5.41) is 8.78. The van der Waals surface area contributed by atoms with Crippen LogP contribution in [0.1, 0.15) is 470 Å². The minimum Gasteiger partial charge on any atom is -0.481 e. The Bertz CT molecular complexity index is 2180. The van der Waals surface area contributed by atoms with Gasteiger partial charge < -0.3 is 33.5 Å². The molecule has 0 aliphatic rings. The van der Waals surface area contributed by atoms with E-state index in [9.17, 15) is 33.6 Å². The molecule has 0 aliphatic heterocycles. The van der Waals surface area contributed by atoms with Gasteiger partial charge in [-0.15, -0.1) is 0 Å². The number of carboxylic acid groups (broad SMARTS) is 1. The molecule has 0 bridgehead atoms. The monoisotopic (exact) mass is 1550 g/mol. The Labute approximate surface area is 675 Å². The average molecular weight is 1550 g/mol. The van der Waals surface area contributed by atoms with E-state index in [1.165, 1.54) is 148 Å². The van der Waals surface area contributed by atoms with Gasteiger partial charge >= 0.3 is 41.8 Å². The van der Waals surface area contributed by atoms with Gasteiger partial charge in [0.1, 0.15) is 26.4 Å². The summed E-state index contributed by atoms with van der Waals surface area (Å²) < 4.78 is 33.9. The number of aliphatic carboxylic acids is 1. The van der Waals surface area contributed by atoms with Crippen molar-refractivity contribution in [3.63, 3.8) is 0 Å². The Balaban J connectivity index is 4.74. The molecule has 638 valence electrons. The standard InChI is InChI=1S/C96H170O14/c1-4-7-10-13-16-19-22-25-28-36-43-50-57-64-71-78-91(99)105-84-88(85-106-92(100)79-72-65-58-51-44-37-29-26-23-20-17-14-11-8-5-2)110-96(104)83-76-69-62-55-48-41-34-33-39-46-53-60-67-74-81-94(102)108-87-89(86-107-93(101)80-73-66-59-52-45-38-30-27-24-21-18-15-12-9-6-3)109-95(103)82-75-68-61-54-47-40-32-31-35-42-49-56-63-70-77-90(97)98/h25-34,88-89H,4-24,35-87H2,1-3H3,(H,97,98)/b28-25-,29-26+,30-27-,32-31+,34-33+. The third kappa shape index (κ3) is 85.4. The van der Waals surface area contributed by atoms with E-state index in [-0.39, 0.29) is 87.9 Å². The van der Waals surface area contributed by atoms with Crippen molar-refractivity contribution in [1.82, 2.24) is 0 Å². The predicted octanol–water partition coefficient (Wildman–Crippen LogP) is 28.2. The minimum atomic E-state index is -0.850. The van der Waals surface area contributed by atoms with E-state index in [0.29, 0.717) is 38.5 Å². The molecule has 0 saturated carbocycles. The Morgan fingerprint density at radius 3 is 0.518 bits per heavy atom. The van der Waals surface area contributed by atoms with Crippen LogP contribution in [0.25, 0.3) is 0 Å². The maximum absolute atomic E-state index is 13.1. The van der Waals surface area contributed by atoms with E-state index in [2.05, 4.69) is 81.5 Å². The van der Waals surface area contributed by atoms with Gasteiger partial charge in [0, 0.05) is 44.9 Å². The van der Waals surface area contributed by atoms with Gasteiger partial charge in [0.05, 0.1) is 0 Å². The van der Waals surface area contributed by atoms with Crippen LogP contribution in [0.15, 0.2) is 60.8 Å². The van der Waals surface area contributed by atoms with Gasteiger partial charge in [-0.1, -0.05) is 313 Å². The van der Waals surface area contributed by atoms with Gasteiger partial charge in [-0.05, 0) is 173 Å². The summed E-state index contributed by atoms with van der Waals surface area (Å²) in [6.07, 6.45) is 93.1. The lowest BCUT2D eigenvalue weighted by Crippen LogP contribution is -2.30. The van der Waals surface area contributed by atoms with Gasteiger partial charge in [0.2, 0.25) is 0 Å². The van der Waals surface area contributed by atoms with Crippen LogP contribution in [0.5, 0.6) is 0 Å². The van der Waals surface area contributed by atoms with Crippen LogP contribution >= 0.6 is 0 Å². The highest BCUT2D eigenvalue weighted by molar-refractivity contribution is 5.72. The molecule has 0 rings (SSSR count). The number of esters is 6. The number of allylic oxidation sites excluding steroid dienone is 10. The van der Waals surface area contributed by atoms with E-state index < -0.39 is 18.2 Å². The van der Waals surface area contributed by atoms with Gasteiger partial charge in [-0.25, -0.2) is 0 Å². The van der Waals surface area contributed by atoms with Crippen molar-refractivity contribution in [3.8, 4) is 0 Å². The summed E-state index contributed by atoms with van der Waals surface area (Å²) >= 11 is 0. The second kappa shape index (κ2) is 87.9. The summed E-state index contributed by atoms with van der Waals surface area (Å²) in [6.45, 7) is 6.24. The molecule has 0 aromatic rings. The maximum atomic E-state index is 13.1. The highest BCUT2D eigenvalue weighted by atomic mass is 16.6. The molecule has 0 heterocycles. The zero-order chi connectivity index (χ0) is 79.8. The first-order valence-corrected chi connectivity index (χ1v) is 46.5. The molecule has 0 saturated heterocycles. The van der Waals surface area contributed by atoms with Crippen LogP contribution in [0.2, 0.25) is 0 Å². The third-order valence-electron chi connectivity index (χ3n) is 20.6. The molecule has 0 fully saturated rings. The largest absolute Gasteiger partial charge is 0.481 e. The highest BCUT2D eigenvalue weighted by Crippen LogP contribution is 2.19. The second-order valence-corrected chi connectivity index (χ2v) is 31.5. The zero-order valence-electron chi connectivity index (χ0n) is 71.5. The predicted molar refractivity (Wildman–Crippen MR) is 457 cm³/mol. The van der Waals surface area contributed by atoms with E-state index in [1.807, 2.05) is 0 Å². The Morgan fingerprint density at radius 1 is 0.200 bits per heavy atom.